The van der Waals surface area contributed by atoms with Crippen molar-refractivity contribution in [2.45, 2.75) is 5.41 Å². The standard InChI is InChI=1S/C61H38N2O/c1-3-14-46(15-4-1)61(47-16-5-2-6-17-47)54-21-11-9-19-49(54)50-33-31-44(37-55(50)61)57-38-56(62-60(63-57)45-30-27-41-26-25-40-13-7-8-18-48(40)52(41)36-45)42-28-23-39(24-29-42)43-32-34-59-53(35-43)51-20-10-12-22-58(51)64-59/h1-38H. The van der Waals surface area contributed by atoms with Crippen LogP contribution in [0, 0.1) is 0 Å². The zero-order valence-electron chi connectivity index (χ0n) is 34.7. The van der Waals surface area contributed by atoms with Gasteiger partial charge in [-0.3, -0.25) is 0 Å². The molecule has 0 spiro atoms. The molecule has 0 radical (unpaired) electrons. The molecule has 0 saturated carbocycles. The highest BCUT2D eigenvalue weighted by Gasteiger charge is 2.46. The van der Waals surface area contributed by atoms with Crippen LogP contribution in [0.3, 0.4) is 0 Å². The van der Waals surface area contributed by atoms with Crippen LogP contribution in [0.15, 0.2) is 235 Å². The fraction of sp³-hybridized carbons (Fsp3) is 0.0164. The summed E-state index contributed by atoms with van der Waals surface area (Å²) in [5.74, 6) is 0.685. The summed E-state index contributed by atoms with van der Waals surface area (Å²) in [6, 6.07) is 83.0. The number of hydrogen-bond acceptors (Lipinski definition) is 3. The lowest BCUT2D eigenvalue weighted by Crippen LogP contribution is -2.28. The van der Waals surface area contributed by atoms with Gasteiger partial charge in [0, 0.05) is 27.5 Å². The van der Waals surface area contributed by atoms with Crippen LogP contribution in [0.25, 0.3) is 99.6 Å². The summed E-state index contributed by atoms with van der Waals surface area (Å²) in [6.45, 7) is 0. The molecule has 0 atom stereocenters. The van der Waals surface area contributed by atoms with Crippen molar-refractivity contribution < 1.29 is 4.42 Å². The lowest BCUT2D eigenvalue weighted by Gasteiger charge is -2.34. The Morgan fingerprint density at radius 2 is 0.859 bits per heavy atom. The molecule has 10 aromatic carbocycles. The van der Waals surface area contributed by atoms with Gasteiger partial charge >= 0.3 is 0 Å². The second-order valence-corrected chi connectivity index (χ2v) is 16.9. The molecule has 1 aliphatic rings. The normalized spacial score (nSPS) is 12.8. The fourth-order valence-electron chi connectivity index (χ4n) is 10.4. The fourth-order valence-corrected chi connectivity index (χ4v) is 10.4. The van der Waals surface area contributed by atoms with Crippen LogP contribution in [-0.2, 0) is 5.41 Å². The number of benzene rings is 10. The molecule has 0 amide bonds. The smallest absolute Gasteiger partial charge is 0.160 e. The molecular weight excluding hydrogens is 777 g/mol. The third-order valence-electron chi connectivity index (χ3n) is 13.4. The van der Waals surface area contributed by atoms with E-state index in [1.54, 1.807) is 0 Å². The van der Waals surface area contributed by atoms with Crippen LogP contribution in [0.5, 0.6) is 0 Å². The topological polar surface area (TPSA) is 38.9 Å². The van der Waals surface area contributed by atoms with Crippen molar-refractivity contribution in [1.29, 1.82) is 0 Å². The van der Waals surface area contributed by atoms with Crippen molar-refractivity contribution in [3.05, 3.63) is 253 Å². The molecule has 13 rings (SSSR count). The minimum atomic E-state index is -0.524. The van der Waals surface area contributed by atoms with Gasteiger partial charge in [0.05, 0.1) is 16.8 Å². The average molecular weight is 815 g/mol. The molecule has 0 N–H and O–H groups in total. The van der Waals surface area contributed by atoms with E-state index >= 15 is 0 Å². The van der Waals surface area contributed by atoms with E-state index < -0.39 is 5.41 Å². The molecule has 2 heterocycles. The van der Waals surface area contributed by atoms with E-state index in [-0.39, 0.29) is 0 Å². The number of rotatable bonds is 6. The molecule has 0 saturated heterocycles. The van der Waals surface area contributed by atoms with Crippen LogP contribution in [0.1, 0.15) is 22.3 Å². The Labute approximate surface area is 370 Å². The molecule has 3 heteroatoms. The first-order chi connectivity index (χ1) is 31.7. The quantitative estimate of drug-likeness (QED) is 0.157. The summed E-state index contributed by atoms with van der Waals surface area (Å²) in [4.78, 5) is 10.8. The van der Waals surface area contributed by atoms with Gasteiger partial charge in [-0.25, -0.2) is 9.97 Å². The Kier molecular flexibility index (Phi) is 8.13. The van der Waals surface area contributed by atoms with Crippen molar-refractivity contribution in [3.63, 3.8) is 0 Å². The Morgan fingerprint density at radius 3 is 1.66 bits per heavy atom. The van der Waals surface area contributed by atoms with Gasteiger partial charge in [0.15, 0.2) is 5.82 Å². The Morgan fingerprint density at radius 1 is 0.312 bits per heavy atom. The van der Waals surface area contributed by atoms with Gasteiger partial charge in [0.25, 0.3) is 0 Å². The SMILES string of the molecule is c1ccc(C2(c3ccccc3)c3ccccc3-c3ccc(-c4cc(-c5ccc(-c6ccc7oc8ccccc8c7c6)cc5)nc(-c5ccc6ccc7ccccc7c6c5)n4)cc32)cc1. The molecule has 0 bridgehead atoms. The second-order valence-electron chi connectivity index (χ2n) is 16.9. The van der Waals surface area contributed by atoms with Gasteiger partial charge < -0.3 is 4.42 Å². The molecule has 2 aromatic heterocycles. The molecular formula is C61H38N2O. The maximum Gasteiger partial charge on any atom is 0.160 e. The highest BCUT2D eigenvalue weighted by Crippen LogP contribution is 2.56. The Bertz CT molecular complexity index is 3740. The molecule has 12 aromatic rings. The summed E-state index contributed by atoms with van der Waals surface area (Å²) in [6.07, 6.45) is 0. The third kappa shape index (κ3) is 5.61. The number of nitrogens with zero attached hydrogens (tertiary/aromatic N) is 2. The van der Waals surface area contributed by atoms with Gasteiger partial charge in [0.2, 0.25) is 0 Å². The molecule has 1 aliphatic carbocycles. The predicted molar refractivity (Wildman–Crippen MR) is 263 cm³/mol. The number of furan rings is 1. The summed E-state index contributed by atoms with van der Waals surface area (Å²) in [5, 5.41) is 7.04. The van der Waals surface area contributed by atoms with Gasteiger partial charge in [-0.1, -0.05) is 194 Å². The van der Waals surface area contributed by atoms with Crippen molar-refractivity contribution in [2.24, 2.45) is 0 Å². The lowest BCUT2D eigenvalue weighted by molar-refractivity contribution is 0.669. The maximum atomic E-state index is 6.14. The number of aromatic nitrogens is 2. The molecule has 0 aliphatic heterocycles. The van der Waals surface area contributed by atoms with Crippen LogP contribution in [-0.4, -0.2) is 9.97 Å². The van der Waals surface area contributed by atoms with Crippen LogP contribution < -0.4 is 0 Å². The second kappa shape index (κ2) is 14.3. The summed E-state index contributed by atoms with van der Waals surface area (Å²) >= 11 is 0. The van der Waals surface area contributed by atoms with E-state index in [4.69, 9.17) is 14.4 Å². The molecule has 0 fully saturated rings. The van der Waals surface area contributed by atoms with Crippen molar-refractivity contribution in [2.75, 3.05) is 0 Å². The Balaban J connectivity index is 0.997. The van der Waals surface area contributed by atoms with Crippen LogP contribution >= 0.6 is 0 Å². The van der Waals surface area contributed by atoms with E-state index in [2.05, 4.69) is 218 Å². The molecule has 3 nitrogen and oxygen atoms in total. The zero-order chi connectivity index (χ0) is 42.2. The largest absolute Gasteiger partial charge is 0.456 e. The highest BCUT2D eigenvalue weighted by atomic mass is 16.3. The van der Waals surface area contributed by atoms with Gasteiger partial charge in [-0.15, -0.1) is 0 Å². The van der Waals surface area contributed by atoms with Crippen LogP contribution in [0.2, 0.25) is 0 Å². The number of hydrogen-bond donors (Lipinski definition) is 0. The molecule has 298 valence electrons. The highest BCUT2D eigenvalue weighted by molar-refractivity contribution is 6.09. The minimum absolute atomic E-state index is 0.524. The zero-order valence-corrected chi connectivity index (χ0v) is 34.7. The molecule has 64 heavy (non-hydrogen) atoms. The monoisotopic (exact) mass is 814 g/mol. The van der Waals surface area contributed by atoms with Gasteiger partial charge in [-0.05, 0) is 102 Å². The maximum absolute atomic E-state index is 6.14. The first-order valence-corrected chi connectivity index (χ1v) is 21.9. The summed E-state index contributed by atoms with van der Waals surface area (Å²) in [7, 11) is 0. The third-order valence-corrected chi connectivity index (χ3v) is 13.4. The Hall–Kier alpha value is -8.40. The molecule has 0 unspecified atom stereocenters. The first-order valence-electron chi connectivity index (χ1n) is 21.9. The van der Waals surface area contributed by atoms with Crippen LogP contribution in [0.4, 0.5) is 0 Å². The van der Waals surface area contributed by atoms with E-state index in [0.29, 0.717) is 5.82 Å². The minimum Gasteiger partial charge on any atom is -0.456 e. The van der Waals surface area contributed by atoms with E-state index in [1.165, 1.54) is 54.9 Å². The summed E-state index contributed by atoms with van der Waals surface area (Å²) < 4.78 is 6.14. The van der Waals surface area contributed by atoms with E-state index in [0.717, 1.165) is 61.1 Å². The number of fused-ring (bicyclic) bond motifs is 9. The lowest BCUT2D eigenvalue weighted by atomic mass is 9.67. The first kappa shape index (κ1) is 36.3. The number of para-hydroxylation sites is 1. The van der Waals surface area contributed by atoms with Crippen molar-refractivity contribution in [1.82, 2.24) is 9.97 Å². The predicted octanol–water partition coefficient (Wildman–Crippen LogP) is 15.7. The van der Waals surface area contributed by atoms with E-state index in [1.807, 2.05) is 12.1 Å². The van der Waals surface area contributed by atoms with Gasteiger partial charge in [0.1, 0.15) is 11.2 Å². The van der Waals surface area contributed by atoms with E-state index in [9.17, 15) is 0 Å². The van der Waals surface area contributed by atoms with Crippen molar-refractivity contribution in [3.8, 4) is 56.2 Å². The van der Waals surface area contributed by atoms with Gasteiger partial charge in [-0.2, -0.15) is 0 Å². The average Bonchev–Trinajstić information content (AvgIpc) is 3.90. The summed E-state index contributed by atoms with van der Waals surface area (Å²) in [5.41, 5.74) is 15.8. The van der Waals surface area contributed by atoms with Crippen molar-refractivity contribution >= 4 is 43.5 Å².